The molecule has 6 nitrogen and oxygen atoms in total. The largest absolute Gasteiger partial charge is 0.480 e. The topological polar surface area (TPSA) is 64.9 Å². The summed E-state index contributed by atoms with van der Waals surface area (Å²) in [6.07, 6.45) is 5.58. The Morgan fingerprint density at radius 1 is 1.37 bits per heavy atom. The molecule has 0 bridgehead atoms. The minimum absolute atomic E-state index is 0.162. The molecule has 19 heavy (non-hydrogen) atoms. The fourth-order valence-corrected chi connectivity index (χ4v) is 1.98. The smallest absolute Gasteiger partial charge is 0.233 e. The number of hydrogen-bond donors (Lipinski definition) is 1. The summed E-state index contributed by atoms with van der Waals surface area (Å²) >= 11 is 0. The van der Waals surface area contributed by atoms with Gasteiger partial charge in [0.2, 0.25) is 5.88 Å². The van der Waals surface area contributed by atoms with E-state index < -0.39 is 0 Å². The third-order valence-electron chi connectivity index (χ3n) is 3.15. The first-order valence-corrected chi connectivity index (χ1v) is 6.25. The van der Waals surface area contributed by atoms with Crippen molar-refractivity contribution in [1.29, 1.82) is 0 Å². The molecule has 0 amide bonds. The van der Waals surface area contributed by atoms with Gasteiger partial charge in [-0.2, -0.15) is 5.10 Å². The van der Waals surface area contributed by atoms with E-state index in [9.17, 15) is 0 Å². The molecule has 1 unspecified atom stereocenters. The summed E-state index contributed by atoms with van der Waals surface area (Å²) in [4.78, 5) is 4.32. The lowest BCUT2D eigenvalue weighted by Gasteiger charge is -2.15. The fraction of sp³-hybridized carbons (Fsp3) is 0.462. The van der Waals surface area contributed by atoms with Gasteiger partial charge in [0.25, 0.3) is 0 Å². The van der Waals surface area contributed by atoms with Crippen molar-refractivity contribution in [2.24, 2.45) is 7.05 Å². The summed E-state index contributed by atoms with van der Waals surface area (Å²) < 4.78 is 7.04. The first-order valence-electron chi connectivity index (χ1n) is 6.25. The average Bonchev–Trinajstić information content (AvgIpc) is 2.86. The molecule has 6 heteroatoms. The lowest BCUT2D eigenvalue weighted by atomic mass is 10.1. The predicted octanol–water partition coefficient (Wildman–Crippen LogP) is 1.11. The van der Waals surface area contributed by atoms with Gasteiger partial charge in [-0.1, -0.05) is 0 Å². The van der Waals surface area contributed by atoms with E-state index in [1.54, 1.807) is 7.11 Å². The number of nitrogens with zero attached hydrogens (tertiary/aromatic N) is 4. The molecular formula is C13H19N5O. The maximum atomic E-state index is 5.01. The highest BCUT2D eigenvalue weighted by atomic mass is 16.5. The number of hydrogen-bond acceptors (Lipinski definition) is 5. The highest BCUT2D eigenvalue weighted by molar-refractivity contribution is 5.14. The number of rotatable bonds is 6. The zero-order chi connectivity index (χ0) is 13.7. The molecule has 0 aliphatic rings. The molecule has 1 atom stereocenters. The molecule has 2 aromatic rings. The summed E-state index contributed by atoms with van der Waals surface area (Å²) in [6, 6.07) is 3.92. The SMILES string of the molecule is CNC(CCc1nccn1C)c1ccc(OC)nn1. The molecule has 0 saturated heterocycles. The van der Waals surface area contributed by atoms with Crippen LogP contribution in [0.3, 0.4) is 0 Å². The number of methoxy groups -OCH3 is 1. The van der Waals surface area contributed by atoms with Gasteiger partial charge in [-0.15, -0.1) is 5.10 Å². The number of ether oxygens (including phenoxy) is 1. The van der Waals surface area contributed by atoms with Gasteiger partial charge in [-0.25, -0.2) is 4.98 Å². The molecule has 102 valence electrons. The monoisotopic (exact) mass is 261 g/mol. The molecule has 0 aliphatic carbocycles. The number of aryl methyl sites for hydroxylation is 2. The lowest BCUT2D eigenvalue weighted by molar-refractivity contribution is 0.389. The normalized spacial score (nSPS) is 12.4. The summed E-state index contributed by atoms with van der Waals surface area (Å²) in [7, 11) is 5.51. The van der Waals surface area contributed by atoms with Gasteiger partial charge in [-0.05, 0) is 19.5 Å². The quantitative estimate of drug-likeness (QED) is 0.844. The predicted molar refractivity (Wildman–Crippen MR) is 71.9 cm³/mol. The molecule has 0 saturated carbocycles. The molecule has 0 aliphatic heterocycles. The second kappa shape index (κ2) is 6.29. The number of aromatic nitrogens is 4. The van der Waals surface area contributed by atoms with Crippen molar-refractivity contribution in [2.45, 2.75) is 18.9 Å². The van der Waals surface area contributed by atoms with Crippen LogP contribution in [-0.4, -0.2) is 33.9 Å². The van der Waals surface area contributed by atoms with E-state index in [1.165, 1.54) is 0 Å². The molecule has 1 N–H and O–H groups in total. The lowest BCUT2D eigenvalue weighted by Crippen LogP contribution is -2.19. The molecular weight excluding hydrogens is 242 g/mol. The van der Waals surface area contributed by atoms with Crippen LogP contribution in [-0.2, 0) is 13.5 Å². The Kier molecular flexibility index (Phi) is 4.46. The van der Waals surface area contributed by atoms with E-state index in [0.717, 1.165) is 24.4 Å². The van der Waals surface area contributed by atoms with Gasteiger partial charge in [0.1, 0.15) is 5.82 Å². The minimum atomic E-state index is 0.162. The second-order valence-corrected chi connectivity index (χ2v) is 4.33. The van der Waals surface area contributed by atoms with E-state index in [2.05, 4.69) is 20.5 Å². The van der Waals surface area contributed by atoms with Crippen LogP contribution in [0, 0.1) is 0 Å². The standard InChI is InChI=1S/C13H19N5O/c1-14-10(4-6-12-15-8-9-18(12)2)11-5-7-13(19-3)17-16-11/h5,7-10,14H,4,6H2,1-3H3. The van der Waals surface area contributed by atoms with Gasteiger partial charge in [0, 0.05) is 31.9 Å². The highest BCUT2D eigenvalue weighted by Crippen LogP contribution is 2.17. The van der Waals surface area contributed by atoms with Crippen molar-refractivity contribution in [3.8, 4) is 5.88 Å². The van der Waals surface area contributed by atoms with Crippen LogP contribution in [0.15, 0.2) is 24.5 Å². The molecule has 0 radical (unpaired) electrons. The molecule has 0 aromatic carbocycles. The van der Waals surface area contributed by atoms with Crippen molar-refractivity contribution >= 4 is 0 Å². The Labute approximate surface area is 112 Å². The highest BCUT2D eigenvalue weighted by Gasteiger charge is 2.13. The first-order chi connectivity index (χ1) is 9.24. The van der Waals surface area contributed by atoms with Crippen molar-refractivity contribution in [3.63, 3.8) is 0 Å². The second-order valence-electron chi connectivity index (χ2n) is 4.33. The van der Waals surface area contributed by atoms with Crippen LogP contribution in [0.25, 0.3) is 0 Å². The summed E-state index contributed by atoms with van der Waals surface area (Å²) in [5.74, 6) is 1.60. The van der Waals surface area contributed by atoms with Gasteiger partial charge in [0.15, 0.2) is 0 Å². The van der Waals surface area contributed by atoms with Gasteiger partial charge < -0.3 is 14.6 Å². The Morgan fingerprint density at radius 3 is 2.74 bits per heavy atom. The average molecular weight is 261 g/mol. The van der Waals surface area contributed by atoms with Crippen LogP contribution in [0.4, 0.5) is 0 Å². The third-order valence-corrected chi connectivity index (χ3v) is 3.15. The zero-order valence-corrected chi connectivity index (χ0v) is 11.5. The van der Waals surface area contributed by atoms with E-state index in [0.29, 0.717) is 5.88 Å². The van der Waals surface area contributed by atoms with E-state index >= 15 is 0 Å². The molecule has 0 fully saturated rings. The maximum absolute atomic E-state index is 5.01. The Morgan fingerprint density at radius 2 is 2.21 bits per heavy atom. The summed E-state index contributed by atoms with van der Waals surface area (Å²) in [6.45, 7) is 0. The fourth-order valence-electron chi connectivity index (χ4n) is 1.98. The molecule has 0 spiro atoms. The van der Waals surface area contributed by atoms with Crippen molar-refractivity contribution in [3.05, 3.63) is 36.0 Å². The van der Waals surface area contributed by atoms with Crippen molar-refractivity contribution in [1.82, 2.24) is 25.1 Å². The van der Waals surface area contributed by atoms with Crippen LogP contribution < -0.4 is 10.1 Å². The first kappa shape index (κ1) is 13.5. The summed E-state index contributed by atoms with van der Waals surface area (Å²) in [5.41, 5.74) is 0.914. The minimum Gasteiger partial charge on any atom is -0.480 e. The maximum Gasteiger partial charge on any atom is 0.233 e. The van der Waals surface area contributed by atoms with Crippen LogP contribution in [0.5, 0.6) is 5.88 Å². The van der Waals surface area contributed by atoms with Gasteiger partial charge in [0.05, 0.1) is 18.8 Å². The Balaban J connectivity index is 2.01. The molecule has 2 heterocycles. The zero-order valence-electron chi connectivity index (χ0n) is 11.5. The molecule has 2 rings (SSSR count). The van der Waals surface area contributed by atoms with Crippen LogP contribution in [0.2, 0.25) is 0 Å². The number of imidazole rings is 1. The van der Waals surface area contributed by atoms with Crippen molar-refractivity contribution < 1.29 is 4.74 Å². The number of nitrogens with one attached hydrogen (secondary N) is 1. The van der Waals surface area contributed by atoms with E-state index in [1.807, 2.05) is 43.2 Å². The van der Waals surface area contributed by atoms with Gasteiger partial charge >= 0.3 is 0 Å². The van der Waals surface area contributed by atoms with Gasteiger partial charge in [-0.3, -0.25) is 0 Å². The van der Waals surface area contributed by atoms with Crippen LogP contribution >= 0.6 is 0 Å². The van der Waals surface area contributed by atoms with Crippen molar-refractivity contribution in [2.75, 3.05) is 14.2 Å². The Bertz CT molecular complexity index is 508. The third kappa shape index (κ3) is 3.29. The van der Waals surface area contributed by atoms with E-state index in [4.69, 9.17) is 4.74 Å². The van der Waals surface area contributed by atoms with Crippen LogP contribution in [0.1, 0.15) is 24.0 Å². The van der Waals surface area contributed by atoms with E-state index in [-0.39, 0.29) is 6.04 Å². The Hall–Kier alpha value is -1.95. The molecule has 2 aromatic heterocycles. The summed E-state index contributed by atoms with van der Waals surface area (Å²) in [5, 5.41) is 11.4.